The number of amides is 1. The Hall–Kier alpha value is -2.18. The zero-order valence-electron chi connectivity index (χ0n) is 15.9. The van der Waals surface area contributed by atoms with Crippen molar-refractivity contribution in [3.63, 3.8) is 0 Å². The van der Waals surface area contributed by atoms with Crippen LogP contribution in [-0.2, 0) is 23.0 Å². The molecule has 6 heteroatoms. The predicted molar refractivity (Wildman–Crippen MR) is 101 cm³/mol. The number of ether oxygens (including phenoxy) is 1. The Kier molecular flexibility index (Phi) is 6.06. The van der Waals surface area contributed by atoms with Crippen molar-refractivity contribution in [3.8, 4) is 0 Å². The Labute approximate surface area is 155 Å². The van der Waals surface area contributed by atoms with E-state index < -0.39 is 0 Å². The highest BCUT2D eigenvalue weighted by Crippen LogP contribution is 2.17. The molecule has 1 amide bonds. The van der Waals surface area contributed by atoms with Gasteiger partial charge in [-0.1, -0.05) is 30.3 Å². The second kappa shape index (κ2) is 8.47. The van der Waals surface area contributed by atoms with Crippen molar-refractivity contribution >= 4 is 5.91 Å². The number of aromatic nitrogens is 2. The van der Waals surface area contributed by atoms with Gasteiger partial charge in [0.25, 0.3) is 0 Å². The summed E-state index contributed by atoms with van der Waals surface area (Å²) in [5.74, 6) is 0.0336. The average molecular weight is 356 g/mol. The van der Waals surface area contributed by atoms with E-state index in [0.29, 0.717) is 6.42 Å². The maximum atomic E-state index is 12.8. The number of carbonyl (C=O) groups is 1. The molecule has 0 aliphatic carbocycles. The van der Waals surface area contributed by atoms with Crippen molar-refractivity contribution in [1.29, 1.82) is 0 Å². The van der Waals surface area contributed by atoms with Crippen LogP contribution in [0.15, 0.2) is 30.3 Å². The molecule has 1 fully saturated rings. The first-order chi connectivity index (χ1) is 12.5. The molecule has 2 aromatic rings. The highest BCUT2D eigenvalue weighted by Gasteiger charge is 2.21. The summed E-state index contributed by atoms with van der Waals surface area (Å²) in [6, 6.07) is 10.2. The van der Waals surface area contributed by atoms with Gasteiger partial charge in [0, 0.05) is 37.9 Å². The van der Waals surface area contributed by atoms with Gasteiger partial charge >= 0.3 is 0 Å². The van der Waals surface area contributed by atoms with Crippen LogP contribution < -0.4 is 5.32 Å². The van der Waals surface area contributed by atoms with Crippen molar-refractivity contribution in [1.82, 2.24) is 20.0 Å². The number of morpholine rings is 1. The van der Waals surface area contributed by atoms with E-state index in [0.717, 1.165) is 55.4 Å². The molecular weight excluding hydrogens is 328 g/mol. The molecule has 1 aliphatic rings. The van der Waals surface area contributed by atoms with E-state index in [1.54, 1.807) is 0 Å². The van der Waals surface area contributed by atoms with E-state index in [4.69, 9.17) is 4.74 Å². The van der Waals surface area contributed by atoms with Crippen molar-refractivity contribution in [2.45, 2.75) is 26.3 Å². The number of aryl methyl sites for hydroxylation is 2. The average Bonchev–Trinajstić information content (AvgIpc) is 2.89. The minimum Gasteiger partial charge on any atom is -0.379 e. The van der Waals surface area contributed by atoms with Gasteiger partial charge in [0.15, 0.2) is 0 Å². The van der Waals surface area contributed by atoms with E-state index in [9.17, 15) is 4.79 Å². The van der Waals surface area contributed by atoms with Gasteiger partial charge in [0.2, 0.25) is 5.91 Å². The molecule has 0 saturated carbocycles. The standard InChI is InChI=1S/C20H28N4O2/c1-15-18(16(2)23(3)22-15)13-20(25)21-19(17-7-5-4-6-8-17)14-24-9-11-26-12-10-24/h4-8,19H,9-14H2,1-3H3,(H,21,25). The Morgan fingerprint density at radius 1 is 1.23 bits per heavy atom. The molecule has 6 nitrogen and oxygen atoms in total. The fourth-order valence-corrected chi connectivity index (χ4v) is 3.44. The number of nitrogens with one attached hydrogen (secondary N) is 1. The summed E-state index contributed by atoms with van der Waals surface area (Å²) in [5, 5.41) is 7.64. The molecule has 1 saturated heterocycles. The molecule has 1 aromatic carbocycles. The summed E-state index contributed by atoms with van der Waals surface area (Å²) in [7, 11) is 1.91. The van der Waals surface area contributed by atoms with E-state index in [1.165, 1.54) is 0 Å². The Bertz CT molecular complexity index is 736. The fourth-order valence-electron chi connectivity index (χ4n) is 3.44. The van der Waals surface area contributed by atoms with Crippen LogP contribution in [0.25, 0.3) is 0 Å². The lowest BCUT2D eigenvalue weighted by molar-refractivity contribution is -0.121. The molecule has 0 spiro atoms. The number of nitrogens with zero attached hydrogens (tertiary/aromatic N) is 3. The molecule has 1 aliphatic heterocycles. The topological polar surface area (TPSA) is 59.4 Å². The summed E-state index contributed by atoms with van der Waals surface area (Å²) in [6.45, 7) is 8.07. The smallest absolute Gasteiger partial charge is 0.225 e. The molecule has 3 rings (SSSR count). The molecule has 0 radical (unpaired) electrons. The largest absolute Gasteiger partial charge is 0.379 e. The lowest BCUT2D eigenvalue weighted by Gasteiger charge is -2.31. The van der Waals surface area contributed by atoms with Gasteiger partial charge in [-0.25, -0.2) is 0 Å². The molecule has 1 unspecified atom stereocenters. The zero-order valence-corrected chi connectivity index (χ0v) is 15.9. The van der Waals surface area contributed by atoms with Crippen molar-refractivity contribution in [2.24, 2.45) is 7.05 Å². The van der Waals surface area contributed by atoms with E-state index in [2.05, 4.69) is 27.4 Å². The number of rotatable bonds is 6. The SMILES string of the molecule is Cc1nn(C)c(C)c1CC(=O)NC(CN1CCOCC1)c1ccccc1. The van der Waals surface area contributed by atoms with Gasteiger partial charge in [-0.2, -0.15) is 5.10 Å². The first kappa shape index (κ1) is 18.6. The molecule has 1 atom stereocenters. The third-order valence-corrected chi connectivity index (χ3v) is 5.08. The molecule has 2 heterocycles. The predicted octanol–water partition coefficient (Wildman–Crippen LogP) is 1.77. The van der Waals surface area contributed by atoms with Crippen molar-refractivity contribution in [3.05, 3.63) is 52.8 Å². The molecule has 1 aromatic heterocycles. The maximum absolute atomic E-state index is 12.8. The van der Waals surface area contributed by atoms with Crippen LogP contribution in [0, 0.1) is 13.8 Å². The molecule has 26 heavy (non-hydrogen) atoms. The minimum atomic E-state index is -0.0286. The molecule has 0 bridgehead atoms. The van der Waals surface area contributed by atoms with Gasteiger partial charge < -0.3 is 10.1 Å². The maximum Gasteiger partial charge on any atom is 0.225 e. The second-order valence-corrected chi connectivity index (χ2v) is 6.89. The summed E-state index contributed by atoms with van der Waals surface area (Å²) in [4.78, 5) is 15.1. The molecule has 1 N–H and O–H groups in total. The number of hydrogen-bond donors (Lipinski definition) is 1. The lowest BCUT2D eigenvalue weighted by Crippen LogP contribution is -2.43. The van der Waals surface area contributed by atoms with Crippen LogP contribution in [0.3, 0.4) is 0 Å². The number of hydrogen-bond acceptors (Lipinski definition) is 4. The minimum absolute atomic E-state index is 0.0286. The summed E-state index contributed by atoms with van der Waals surface area (Å²) in [5.41, 5.74) is 4.11. The van der Waals surface area contributed by atoms with Gasteiger partial charge in [-0.3, -0.25) is 14.4 Å². The van der Waals surface area contributed by atoms with Crippen LogP contribution in [-0.4, -0.2) is 53.4 Å². The second-order valence-electron chi connectivity index (χ2n) is 6.89. The van der Waals surface area contributed by atoms with E-state index in [1.807, 2.05) is 43.8 Å². The first-order valence-electron chi connectivity index (χ1n) is 9.18. The quantitative estimate of drug-likeness (QED) is 0.857. The van der Waals surface area contributed by atoms with Crippen molar-refractivity contribution < 1.29 is 9.53 Å². The van der Waals surface area contributed by atoms with Crippen LogP contribution in [0.1, 0.15) is 28.6 Å². The highest BCUT2D eigenvalue weighted by molar-refractivity contribution is 5.79. The van der Waals surface area contributed by atoms with Gasteiger partial charge in [-0.15, -0.1) is 0 Å². The third kappa shape index (κ3) is 4.51. The van der Waals surface area contributed by atoms with Crippen LogP contribution in [0.5, 0.6) is 0 Å². The summed E-state index contributed by atoms with van der Waals surface area (Å²) < 4.78 is 7.27. The monoisotopic (exact) mass is 356 g/mol. The van der Waals surface area contributed by atoms with E-state index >= 15 is 0 Å². The first-order valence-corrected chi connectivity index (χ1v) is 9.18. The zero-order chi connectivity index (χ0) is 18.5. The van der Waals surface area contributed by atoms with Gasteiger partial charge in [0.1, 0.15) is 0 Å². The summed E-state index contributed by atoms with van der Waals surface area (Å²) >= 11 is 0. The number of benzene rings is 1. The lowest BCUT2D eigenvalue weighted by atomic mass is 10.0. The fraction of sp³-hybridized carbons (Fsp3) is 0.500. The van der Waals surface area contributed by atoms with Gasteiger partial charge in [-0.05, 0) is 19.4 Å². The van der Waals surface area contributed by atoms with Crippen LogP contribution >= 0.6 is 0 Å². The Balaban J connectivity index is 1.71. The third-order valence-electron chi connectivity index (χ3n) is 5.08. The van der Waals surface area contributed by atoms with Crippen LogP contribution in [0.2, 0.25) is 0 Å². The highest BCUT2D eigenvalue weighted by atomic mass is 16.5. The van der Waals surface area contributed by atoms with Gasteiger partial charge in [0.05, 0.1) is 31.4 Å². The molecule has 140 valence electrons. The normalized spacial score (nSPS) is 16.4. The summed E-state index contributed by atoms with van der Waals surface area (Å²) in [6.07, 6.45) is 0.359. The molecular formula is C20H28N4O2. The number of carbonyl (C=O) groups excluding carboxylic acids is 1. The Morgan fingerprint density at radius 3 is 2.54 bits per heavy atom. The van der Waals surface area contributed by atoms with Crippen LogP contribution in [0.4, 0.5) is 0 Å². The Morgan fingerprint density at radius 2 is 1.92 bits per heavy atom. The van der Waals surface area contributed by atoms with E-state index in [-0.39, 0.29) is 11.9 Å². The van der Waals surface area contributed by atoms with Crippen molar-refractivity contribution in [2.75, 3.05) is 32.8 Å².